The largest absolute Gasteiger partial charge is 0.496 e. The average molecular weight is 349 g/mol. The number of rotatable bonds is 4. The second-order valence-corrected chi connectivity index (χ2v) is 6.31. The third-order valence-corrected chi connectivity index (χ3v) is 4.49. The SMILES string of the molecule is COc1ccc(Cl)cc1CN(C)C(=S)Nc1cccc(C)c1C. The first-order valence-corrected chi connectivity index (χ1v) is 8.11. The molecule has 2 aromatic carbocycles. The van der Waals surface area contributed by atoms with Crippen LogP contribution in [0, 0.1) is 13.8 Å². The molecule has 2 rings (SSSR count). The molecule has 0 amide bonds. The maximum absolute atomic E-state index is 6.08. The number of nitrogens with zero attached hydrogens (tertiary/aromatic N) is 1. The first-order valence-electron chi connectivity index (χ1n) is 7.33. The van der Waals surface area contributed by atoms with E-state index < -0.39 is 0 Å². The summed E-state index contributed by atoms with van der Waals surface area (Å²) in [5.74, 6) is 0.802. The predicted octanol–water partition coefficient (Wildman–Crippen LogP) is 4.79. The summed E-state index contributed by atoms with van der Waals surface area (Å²) in [7, 11) is 3.60. The molecule has 0 saturated carbocycles. The van der Waals surface area contributed by atoms with Gasteiger partial charge < -0.3 is 15.0 Å². The molecule has 3 nitrogen and oxygen atoms in total. The van der Waals surface area contributed by atoms with Crippen molar-refractivity contribution in [3.63, 3.8) is 0 Å². The van der Waals surface area contributed by atoms with Crippen LogP contribution in [0.15, 0.2) is 36.4 Å². The molecule has 0 aliphatic heterocycles. The van der Waals surface area contributed by atoms with Crippen LogP contribution < -0.4 is 10.1 Å². The molecule has 0 aliphatic rings. The summed E-state index contributed by atoms with van der Waals surface area (Å²) in [4.78, 5) is 1.96. The lowest BCUT2D eigenvalue weighted by atomic mass is 10.1. The zero-order valence-corrected chi connectivity index (χ0v) is 15.4. The van der Waals surface area contributed by atoms with E-state index in [4.69, 9.17) is 28.6 Å². The van der Waals surface area contributed by atoms with E-state index in [1.54, 1.807) is 7.11 Å². The fourth-order valence-corrected chi connectivity index (χ4v) is 2.66. The molecule has 0 unspecified atom stereocenters. The van der Waals surface area contributed by atoms with Crippen molar-refractivity contribution in [3.8, 4) is 5.75 Å². The lowest BCUT2D eigenvalue weighted by Gasteiger charge is -2.23. The molecular formula is C18H21ClN2OS. The Labute approximate surface area is 148 Å². The summed E-state index contributed by atoms with van der Waals surface area (Å²) >= 11 is 11.6. The number of ether oxygens (including phenoxy) is 1. The minimum atomic E-state index is 0.612. The molecule has 0 spiro atoms. The van der Waals surface area contributed by atoms with Crippen molar-refractivity contribution >= 4 is 34.6 Å². The van der Waals surface area contributed by atoms with Crippen LogP contribution >= 0.6 is 23.8 Å². The van der Waals surface area contributed by atoms with Crippen molar-refractivity contribution in [1.82, 2.24) is 4.90 Å². The van der Waals surface area contributed by atoms with Gasteiger partial charge in [-0.05, 0) is 61.5 Å². The zero-order valence-electron chi connectivity index (χ0n) is 13.8. The fourth-order valence-electron chi connectivity index (χ4n) is 2.30. The van der Waals surface area contributed by atoms with Gasteiger partial charge in [0.15, 0.2) is 5.11 Å². The van der Waals surface area contributed by atoms with Gasteiger partial charge in [-0.1, -0.05) is 23.7 Å². The lowest BCUT2D eigenvalue weighted by Crippen LogP contribution is -2.31. The molecule has 122 valence electrons. The Morgan fingerprint density at radius 3 is 2.70 bits per heavy atom. The van der Waals surface area contributed by atoms with E-state index >= 15 is 0 Å². The van der Waals surface area contributed by atoms with E-state index in [-0.39, 0.29) is 0 Å². The van der Waals surface area contributed by atoms with E-state index in [1.165, 1.54) is 11.1 Å². The van der Waals surface area contributed by atoms with Gasteiger partial charge in [-0.15, -0.1) is 0 Å². The van der Waals surface area contributed by atoms with E-state index in [9.17, 15) is 0 Å². The van der Waals surface area contributed by atoms with Crippen LogP contribution in [0.3, 0.4) is 0 Å². The van der Waals surface area contributed by atoms with Gasteiger partial charge >= 0.3 is 0 Å². The second kappa shape index (κ2) is 7.66. The number of halogens is 1. The smallest absolute Gasteiger partial charge is 0.173 e. The Kier molecular flexibility index (Phi) is 5.85. The topological polar surface area (TPSA) is 24.5 Å². The Hall–Kier alpha value is -1.78. The number of hydrogen-bond donors (Lipinski definition) is 1. The van der Waals surface area contributed by atoms with E-state index in [0.29, 0.717) is 16.7 Å². The number of anilines is 1. The highest BCUT2D eigenvalue weighted by Crippen LogP contribution is 2.24. The molecule has 0 aliphatic carbocycles. The standard InChI is InChI=1S/C18H21ClN2OS/c1-12-6-5-7-16(13(12)2)20-18(23)21(3)11-14-10-15(19)8-9-17(14)22-4/h5-10H,11H2,1-4H3,(H,20,23). The van der Waals surface area contributed by atoms with Crippen LogP contribution in [-0.2, 0) is 6.54 Å². The monoisotopic (exact) mass is 348 g/mol. The maximum Gasteiger partial charge on any atom is 0.173 e. The summed E-state index contributed by atoms with van der Waals surface area (Å²) in [6.07, 6.45) is 0. The number of nitrogens with one attached hydrogen (secondary N) is 1. The zero-order chi connectivity index (χ0) is 17.0. The Morgan fingerprint density at radius 1 is 1.26 bits per heavy atom. The van der Waals surface area contributed by atoms with Crippen LogP contribution in [0.1, 0.15) is 16.7 Å². The van der Waals surface area contributed by atoms with E-state index in [0.717, 1.165) is 17.0 Å². The third kappa shape index (κ3) is 4.36. The van der Waals surface area contributed by atoms with Gasteiger partial charge in [0.25, 0.3) is 0 Å². The van der Waals surface area contributed by atoms with Crippen LogP contribution in [0.5, 0.6) is 5.75 Å². The van der Waals surface area contributed by atoms with Gasteiger partial charge in [0.05, 0.1) is 7.11 Å². The van der Waals surface area contributed by atoms with Crippen LogP contribution in [0.25, 0.3) is 0 Å². The van der Waals surface area contributed by atoms with Gasteiger partial charge in [0, 0.05) is 29.9 Å². The highest BCUT2D eigenvalue weighted by Gasteiger charge is 2.11. The molecule has 2 aromatic rings. The van der Waals surface area contributed by atoms with Crippen LogP contribution in [-0.4, -0.2) is 24.2 Å². The Morgan fingerprint density at radius 2 is 2.00 bits per heavy atom. The number of methoxy groups -OCH3 is 1. The van der Waals surface area contributed by atoms with Crippen molar-refractivity contribution in [2.45, 2.75) is 20.4 Å². The minimum Gasteiger partial charge on any atom is -0.496 e. The van der Waals surface area contributed by atoms with Gasteiger partial charge in [0.1, 0.15) is 5.75 Å². The first-order chi connectivity index (χ1) is 10.9. The number of hydrogen-bond acceptors (Lipinski definition) is 2. The van der Waals surface area contributed by atoms with E-state index in [2.05, 4.69) is 25.2 Å². The molecule has 0 fully saturated rings. The molecule has 23 heavy (non-hydrogen) atoms. The highest BCUT2D eigenvalue weighted by atomic mass is 35.5. The minimum absolute atomic E-state index is 0.612. The summed E-state index contributed by atoms with van der Waals surface area (Å²) in [5.41, 5.74) is 4.45. The summed E-state index contributed by atoms with van der Waals surface area (Å²) in [6, 6.07) is 11.7. The molecule has 1 N–H and O–H groups in total. The van der Waals surface area contributed by atoms with Crippen molar-refractivity contribution in [2.24, 2.45) is 0 Å². The van der Waals surface area contributed by atoms with Gasteiger partial charge in [0.2, 0.25) is 0 Å². The molecule has 0 aromatic heterocycles. The average Bonchev–Trinajstić information content (AvgIpc) is 2.52. The number of aryl methyl sites for hydroxylation is 1. The number of benzene rings is 2. The highest BCUT2D eigenvalue weighted by molar-refractivity contribution is 7.80. The lowest BCUT2D eigenvalue weighted by molar-refractivity contribution is 0.399. The van der Waals surface area contributed by atoms with Gasteiger partial charge in [-0.2, -0.15) is 0 Å². The van der Waals surface area contributed by atoms with Crippen LogP contribution in [0.2, 0.25) is 5.02 Å². The molecular weight excluding hydrogens is 328 g/mol. The van der Waals surface area contributed by atoms with Crippen molar-refractivity contribution < 1.29 is 4.74 Å². The van der Waals surface area contributed by atoms with Crippen molar-refractivity contribution in [2.75, 3.05) is 19.5 Å². The quantitative estimate of drug-likeness (QED) is 0.802. The Bertz CT molecular complexity index is 718. The Balaban J connectivity index is 2.11. The van der Waals surface area contributed by atoms with Crippen molar-refractivity contribution in [1.29, 1.82) is 0 Å². The third-order valence-electron chi connectivity index (χ3n) is 3.84. The summed E-state index contributed by atoms with van der Waals surface area (Å²) in [6.45, 7) is 4.78. The molecule has 0 bridgehead atoms. The summed E-state index contributed by atoms with van der Waals surface area (Å²) < 4.78 is 5.39. The van der Waals surface area contributed by atoms with E-state index in [1.807, 2.05) is 42.3 Å². The maximum atomic E-state index is 6.08. The molecule has 0 heterocycles. The number of thiocarbonyl (C=S) groups is 1. The first kappa shape index (κ1) is 17.6. The molecule has 0 saturated heterocycles. The van der Waals surface area contributed by atoms with Crippen molar-refractivity contribution in [3.05, 3.63) is 58.1 Å². The van der Waals surface area contributed by atoms with Crippen LogP contribution in [0.4, 0.5) is 5.69 Å². The van der Waals surface area contributed by atoms with Gasteiger partial charge in [-0.25, -0.2) is 0 Å². The molecule has 0 radical (unpaired) electrons. The fraction of sp³-hybridized carbons (Fsp3) is 0.278. The molecule has 5 heteroatoms. The predicted molar refractivity (Wildman–Crippen MR) is 102 cm³/mol. The van der Waals surface area contributed by atoms with Gasteiger partial charge in [-0.3, -0.25) is 0 Å². The second-order valence-electron chi connectivity index (χ2n) is 5.49. The normalized spacial score (nSPS) is 10.3. The molecule has 0 atom stereocenters. The summed E-state index contributed by atoms with van der Waals surface area (Å²) in [5, 5.41) is 4.64.